The number of hydrogen-bond acceptors (Lipinski definition) is 5. The number of aliphatic hydroxyl groups excluding tert-OH is 1. The predicted octanol–water partition coefficient (Wildman–Crippen LogP) is 2.73. The van der Waals surface area contributed by atoms with Crippen LogP contribution in [0, 0.1) is 10.1 Å². The minimum absolute atomic E-state index is 0.167. The number of rotatable bonds is 7. The highest BCUT2D eigenvalue weighted by atomic mass is 16.6. The quantitative estimate of drug-likeness (QED) is 0.268. The third-order valence-corrected chi connectivity index (χ3v) is 2.46. The Hall–Kier alpha value is -2.31. The largest absolute Gasteiger partial charge is 0.487 e. The lowest BCUT2D eigenvalue weighted by Crippen LogP contribution is -2.02. The second-order valence-electron chi connectivity index (χ2n) is 3.65. The van der Waals surface area contributed by atoms with Gasteiger partial charge in [-0.2, -0.15) is 0 Å². The summed E-state index contributed by atoms with van der Waals surface area (Å²) in [7, 11) is 0. The van der Waals surface area contributed by atoms with Gasteiger partial charge in [0, 0.05) is 17.6 Å². The molecule has 1 atom stereocenters. The molecular formula is C11H14N4O4. The zero-order valence-electron chi connectivity index (χ0n) is 10.4. The average molecular weight is 266 g/mol. The smallest absolute Gasteiger partial charge is 0.311 e. The summed E-state index contributed by atoms with van der Waals surface area (Å²) in [5, 5.41) is 23.4. The molecule has 0 aliphatic heterocycles. The van der Waals surface area contributed by atoms with Crippen LogP contribution in [0.4, 0.5) is 5.69 Å². The van der Waals surface area contributed by atoms with Gasteiger partial charge >= 0.3 is 5.69 Å². The van der Waals surface area contributed by atoms with Crippen molar-refractivity contribution in [2.45, 2.75) is 19.4 Å². The number of hydrogen-bond donors (Lipinski definition) is 1. The van der Waals surface area contributed by atoms with E-state index in [4.69, 9.17) is 15.4 Å². The molecule has 1 aromatic carbocycles. The predicted molar refractivity (Wildman–Crippen MR) is 67.9 cm³/mol. The van der Waals surface area contributed by atoms with Crippen LogP contribution >= 0.6 is 0 Å². The zero-order valence-corrected chi connectivity index (χ0v) is 10.4. The molecule has 0 saturated heterocycles. The maximum atomic E-state index is 11.0. The molecule has 1 aromatic rings. The summed E-state index contributed by atoms with van der Waals surface area (Å²) in [5.74, 6) is 0.167. The molecule has 1 unspecified atom stereocenters. The third kappa shape index (κ3) is 3.84. The van der Waals surface area contributed by atoms with Crippen LogP contribution in [0.2, 0.25) is 0 Å². The molecule has 0 bridgehead atoms. The first-order valence-corrected chi connectivity index (χ1v) is 5.70. The van der Waals surface area contributed by atoms with Crippen molar-refractivity contribution >= 4 is 5.69 Å². The number of nitro groups is 1. The number of nitro benzene ring substituents is 1. The van der Waals surface area contributed by atoms with Gasteiger partial charge in [-0.05, 0) is 30.5 Å². The molecule has 8 nitrogen and oxygen atoms in total. The normalized spacial score (nSPS) is 11.5. The molecule has 8 heteroatoms. The van der Waals surface area contributed by atoms with Crippen molar-refractivity contribution in [2.75, 3.05) is 13.2 Å². The van der Waals surface area contributed by atoms with Gasteiger partial charge in [0.1, 0.15) is 0 Å². The van der Waals surface area contributed by atoms with Crippen molar-refractivity contribution in [2.24, 2.45) is 5.11 Å². The SMILES string of the molecule is CCOc1ccc(C(CCO)N=[N+]=[N-])cc1[N+](=O)[O-]. The van der Waals surface area contributed by atoms with Crippen LogP contribution in [-0.4, -0.2) is 23.2 Å². The van der Waals surface area contributed by atoms with Crippen LogP contribution in [0.15, 0.2) is 23.3 Å². The number of benzene rings is 1. The zero-order chi connectivity index (χ0) is 14.3. The molecule has 0 amide bonds. The van der Waals surface area contributed by atoms with E-state index in [-0.39, 0.29) is 24.5 Å². The molecule has 102 valence electrons. The average Bonchev–Trinajstić information content (AvgIpc) is 2.39. The molecule has 0 aliphatic rings. The second-order valence-corrected chi connectivity index (χ2v) is 3.65. The fraction of sp³-hybridized carbons (Fsp3) is 0.455. The Kier molecular flexibility index (Phi) is 5.59. The maximum Gasteiger partial charge on any atom is 0.311 e. The lowest BCUT2D eigenvalue weighted by Gasteiger charge is -2.11. The van der Waals surface area contributed by atoms with E-state index in [0.29, 0.717) is 12.2 Å². The number of azide groups is 1. The van der Waals surface area contributed by atoms with Gasteiger partial charge in [0.2, 0.25) is 0 Å². The molecular weight excluding hydrogens is 252 g/mol. The first-order valence-electron chi connectivity index (χ1n) is 5.70. The number of nitrogens with zero attached hydrogens (tertiary/aromatic N) is 4. The molecule has 19 heavy (non-hydrogen) atoms. The molecule has 0 saturated carbocycles. The van der Waals surface area contributed by atoms with Gasteiger partial charge in [-0.1, -0.05) is 11.2 Å². The Bertz CT molecular complexity index is 499. The summed E-state index contributed by atoms with van der Waals surface area (Å²) in [6, 6.07) is 3.73. The highest BCUT2D eigenvalue weighted by Gasteiger charge is 2.19. The highest BCUT2D eigenvalue weighted by Crippen LogP contribution is 2.32. The van der Waals surface area contributed by atoms with Crippen LogP contribution in [0.5, 0.6) is 5.75 Å². The summed E-state index contributed by atoms with van der Waals surface area (Å²) >= 11 is 0. The van der Waals surface area contributed by atoms with Crippen molar-refractivity contribution < 1.29 is 14.8 Å². The van der Waals surface area contributed by atoms with Gasteiger partial charge in [0.25, 0.3) is 0 Å². The third-order valence-electron chi connectivity index (χ3n) is 2.46. The van der Waals surface area contributed by atoms with Crippen molar-refractivity contribution in [1.82, 2.24) is 0 Å². The summed E-state index contributed by atoms with van der Waals surface area (Å²) < 4.78 is 5.16. The molecule has 0 fully saturated rings. The standard InChI is InChI=1S/C11H14N4O4/c1-2-19-11-4-3-8(7-10(11)15(17)18)9(5-6-16)13-14-12/h3-4,7,9,16H,2,5-6H2,1H3. The van der Waals surface area contributed by atoms with E-state index in [2.05, 4.69) is 10.0 Å². The molecule has 0 radical (unpaired) electrons. The van der Waals surface area contributed by atoms with Crippen molar-refractivity contribution in [3.63, 3.8) is 0 Å². The van der Waals surface area contributed by atoms with Gasteiger partial charge in [-0.25, -0.2) is 0 Å². The Morgan fingerprint density at radius 2 is 2.37 bits per heavy atom. The molecule has 0 heterocycles. The van der Waals surface area contributed by atoms with Crippen molar-refractivity contribution in [3.05, 3.63) is 44.3 Å². The van der Waals surface area contributed by atoms with E-state index in [1.807, 2.05) is 0 Å². The lowest BCUT2D eigenvalue weighted by atomic mass is 10.0. The van der Waals surface area contributed by atoms with Crippen LogP contribution in [0.25, 0.3) is 10.4 Å². The fourth-order valence-electron chi connectivity index (χ4n) is 1.64. The fourth-order valence-corrected chi connectivity index (χ4v) is 1.64. The topological polar surface area (TPSA) is 121 Å². The summed E-state index contributed by atoms with van der Waals surface area (Å²) in [6.45, 7) is 1.87. The highest BCUT2D eigenvalue weighted by molar-refractivity contribution is 5.49. The Morgan fingerprint density at radius 1 is 1.63 bits per heavy atom. The van der Waals surface area contributed by atoms with Crippen molar-refractivity contribution in [1.29, 1.82) is 0 Å². The van der Waals surface area contributed by atoms with Gasteiger partial charge in [0.15, 0.2) is 5.75 Å². The van der Waals surface area contributed by atoms with E-state index in [9.17, 15) is 10.1 Å². The first kappa shape index (κ1) is 14.7. The summed E-state index contributed by atoms with van der Waals surface area (Å²) in [6.07, 6.45) is 0.204. The van der Waals surface area contributed by atoms with Crippen LogP contribution in [-0.2, 0) is 0 Å². The van der Waals surface area contributed by atoms with Gasteiger partial charge < -0.3 is 9.84 Å². The molecule has 1 N–H and O–H groups in total. The molecule has 0 aromatic heterocycles. The van der Waals surface area contributed by atoms with E-state index in [0.717, 1.165) is 0 Å². The molecule has 0 aliphatic carbocycles. The number of aliphatic hydroxyl groups is 1. The van der Waals surface area contributed by atoms with E-state index in [1.54, 1.807) is 13.0 Å². The van der Waals surface area contributed by atoms with E-state index < -0.39 is 11.0 Å². The Morgan fingerprint density at radius 3 is 2.89 bits per heavy atom. The van der Waals surface area contributed by atoms with Crippen LogP contribution in [0.1, 0.15) is 24.9 Å². The van der Waals surface area contributed by atoms with E-state index >= 15 is 0 Å². The van der Waals surface area contributed by atoms with Crippen LogP contribution in [0.3, 0.4) is 0 Å². The van der Waals surface area contributed by atoms with Gasteiger partial charge in [0.05, 0.1) is 17.6 Å². The van der Waals surface area contributed by atoms with E-state index in [1.165, 1.54) is 12.1 Å². The van der Waals surface area contributed by atoms with Crippen molar-refractivity contribution in [3.8, 4) is 5.75 Å². The minimum atomic E-state index is -0.635. The lowest BCUT2D eigenvalue weighted by molar-refractivity contribution is -0.385. The molecule has 0 spiro atoms. The Balaban J connectivity index is 3.18. The van der Waals surface area contributed by atoms with Gasteiger partial charge in [-0.15, -0.1) is 0 Å². The molecule has 1 rings (SSSR count). The Labute approximate surface area is 109 Å². The monoisotopic (exact) mass is 266 g/mol. The number of ether oxygens (including phenoxy) is 1. The maximum absolute atomic E-state index is 11.0. The second kappa shape index (κ2) is 7.20. The first-order chi connectivity index (χ1) is 9.13. The summed E-state index contributed by atoms with van der Waals surface area (Å²) in [4.78, 5) is 13.1. The van der Waals surface area contributed by atoms with Gasteiger partial charge in [-0.3, -0.25) is 10.1 Å². The van der Waals surface area contributed by atoms with Crippen LogP contribution < -0.4 is 4.74 Å². The summed E-state index contributed by atoms with van der Waals surface area (Å²) in [5.41, 5.74) is 8.75. The minimum Gasteiger partial charge on any atom is -0.487 e.